The van der Waals surface area contributed by atoms with Gasteiger partial charge < -0.3 is 9.72 Å². The first-order valence-corrected chi connectivity index (χ1v) is 8.45. The number of rotatable bonds is 2. The van der Waals surface area contributed by atoms with Gasteiger partial charge in [-0.3, -0.25) is 9.78 Å². The monoisotopic (exact) mass is 354 g/mol. The molecule has 8 heteroatoms. The summed E-state index contributed by atoms with van der Waals surface area (Å²) >= 11 is 1.24. The Hall–Kier alpha value is -3.00. The summed E-state index contributed by atoms with van der Waals surface area (Å²) in [5.41, 5.74) is 1.02. The van der Waals surface area contributed by atoms with Crippen LogP contribution in [0.25, 0.3) is 26.0 Å². The lowest BCUT2D eigenvalue weighted by Gasteiger charge is -2.10. The van der Waals surface area contributed by atoms with Gasteiger partial charge in [0.15, 0.2) is 5.82 Å². The Morgan fingerprint density at radius 2 is 2.08 bits per heavy atom. The third-order valence-corrected chi connectivity index (χ3v) is 5.05. The van der Waals surface area contributed by atoms with Crippen molar-refractivity contribution in [1.82, 2.24) is 19.9 Å². The molecule has 1 aliphatic carbocycles. The number of aromatic nitrogens is 4. The molecule has 2 N–H and O–H groups in total. The fraction of sp³-hybridized carbons (Fsp3) is 0.176. The van der Waals surface area contributed by atoms with Crippen molar-refractivity contribution in [1.29, 1.82) is 0 Å². The summed E-state index contributed by atoms with van der Waals surface area (Å²) in [5, 5.41) is 0.697. The molecule has 0 saturated heterocycles. The lowest BCUT2D eigenvalue weighted by atomic mass is 10.1. The molecule has 0 bridgehead atoms. The Morgan fingerprint density at radius 3 is 2.88 bits per heavy atom. The van der Waals surface area contributed by atoms with Gasteiger partial charge in [0.1, 0.15) is 15.3 Å². The van der Waals surface area contributed by atoms with E-state index in [9.17, 15) is 9.59 Å². The van der Waals surface area contributed by atoms with Gasteiger partial charge in [0.05, 0.1) is 29.3 Å². The minimum Gasteiger partial charge on any atom is -0.496 e. The summed E-state index contributed by atoms with van der Waals surface area (Å²) in [6.45, 7) is 1.84. The minimum absolute atomic E-state index is 0.418. The van der Waals surface area contributed by atoms with Gasteiger partial charge in [-0.25, -0.2) is 14.8 Å². The average Bonchev–Trinajstić information content (AvgIpc) is 2.79. The van der Waals surface area contributed by atoms with Crippen LogP contribution in [0.15, 0.2) is 39.7 Å². The molecule has 3 heterocycles. The van der Waals surface area contributed by atoms with Gasteiger partial charge in [-0.15, -0.1) is 11.3 Å². The van der Waals surface area contributed by atoms with Gasteiger partial charge in [0.2, 0.25) is 0 Å². The van der Waals surface area contributed by atoms with Crippen molar-refractivity contribution in [2.45, 2.75) is 13.3 Å². The fourth-order valence-electron chi connectivity index (χ4n) is 2.86. The molecule has 126 valence electrons. The minimum atomic E-state index is -0.539. The molecule has 3 aromatic rings. The molecule has 0 unspecified atom stereocenters. The molecule has 1 aliphatic rings. The topological polar surface area (TPSA) is 101 Å². The summed E-state index contributed by atoms with van der Waals surface area (Å²) in [4.78, 5) is 38.4. The van der Waals surface area contributed by atoms with Crippen LogP contribution < -0.4 is 11.2 Å². The van der Waals surface area contributed by atoms with Crippen LogP contribution in [0.1, 0.15) is 17.9 Å². The average molecular weight is 354 g/mol. The number of nitrogens with zero attached hydrogens (tertiary/aromatic N) is 2. The van der Waals surface area contributed by atoms with Crippen molar-refractivity contribution in [3.8, 4) is 0 Å². The highest BCUT2D eigenvalue weighted by atomic mass is 32.1. The second-order valence-corrected chi connectivity index (χ2v) is 6.54. The number of hydrogen-bond acceptors (Lipinski definition) is 6. The Bertz CT molecular complexity index is 1210. The second-order valence-electron chi connectivity index (χ2n) is 5.54. The van der Waals surface area contributed by atoms with Gasteiger partial charge in [-0.05, 0) is 19.4 Å². The number of hydrogen-bond donors (Lipinski definition) is 2. The predicted molar refractivity (Wildman–Crippen MR) is 97.7 cm³/mol. The zero-order valence-corrected chi connectivity index (χ0v) is 14.4. The first-order chi connectivity index (χ1) is 12.1. The van der Waals surface area contributed by atoms with Crippen LogP contribution in [0.4, 0.5) is 0 Å². The van der Waals surface area contributed by atoms with Crippen molar-refractivity contribution in [2.24, 2.45) is 0 Å². The normalized spacial score (nSPS) is 14.5. The van der Waals surface area contributed by atoms with Gasteiger partial charge in [0.25, 0.3) is 5.56 Å². The number of H-pyrrole nitrogens is 2. The van der Waals surface area contributed by atoms with Crippen LogP contribution in [0.2, 0.25) is 0 Å². The SMILES string of the molecule is COC1=CC=CCC=C1c1nc(C)c2c(n1)sc1c(=O)[nH]c(=O)[nH]c12. The van der Waals surface area contributed by atoms with E-state index in [2.05, 4.69) is 19.9 Å². The highest BCUT2D eigenvalue weighted by molar-refractivity contribution is 7.25. The second kappa shape index (κ2) is 5.82. The first-order valence-electron chi connectivity index (χ1n) is 7.63. The Labute approximate surface area is 145 Å². The van der Waals surface area contributed by atoms with Gasteiger partial charge in [0, 0.05) is 0 Å². The zero-order valence-electron chi connectivity index (χ0n) is 13.5. The number of thiophene rings is 1. The van der Waals surface area contributed by atoms with Crippen LogP contribution in [-0.4, -0.2) is 27.0 Å². The predicted octanol–water partition coefficient (Wildman–Crippen LogP) is 2.40. The standard InChI is InChI=1S/C17H14N4O3S/c1-8-11-12-13(15(22)21-17(23)19-12)25-16(11)20-14(18-8)9-6-4-3-5-7-10(9)24-2/h3,5-7H,4H2,1-2H3,(H2,19,21,22,23). The molecule has 0 radical (unpaired) electrons. The third kappa shape index (κ3) is 2.51. The van der Waals surface area contributed by atoms with Crippen LogP contribution in [0, 0.1) is 6.92 Å². The number of nitrogens with one attached hydrogen (secondary N) is 2. The van der Waals surface area contributed by atoms with Crippen molar-refractivity contribution in [3.63, 3.8) is 0 Å². The highest BCUT2D eigenvalue weighted by Gasteiger charge is 2.18. The Morgan fingerprint density at radius 1 is 1.24 bits per heavy atom. The summed E-state index contributed by atoms with van der Waals surface area (Å²) in [6.07, 6.45) is 8.56. The van der Waals surface area contributed by atoms with E-state index < -0.39 is 11.2 Å². The molecule has 0 fully saturated rings. The maximum absolute atomic E-state index is 12.0. The van der Waals surface area contributed by atoms with E-state index in [-0.39, 0.29) is 0 Å². The number of aromatic amines is 2. The Kier molecular flexibility index (Phi) is 3.61. The first kappa shape index (κ1) is 15.5. The van der Waals surface area contributed by atoms with Crippen molar-refractivity contribution in [2.75, 3.05) is 7.11 Å². The molecule has 3 aromatic heterocycles. The van der Waals surface area contributed by atoms with E-state index in [4.69, 9.17) is 4.74 Å². The molecule has 0 saturated carbocycles. The van der Waals surface area contributed by atoms with Crippen molar-refractivity contribution in [3.05, 3.63) is 62.4 Å². The summed E-state index contributed by atoms with van der Waals surface area (Å²) in [7, 11) is 1.61. The molecule has 0 atom stereocenters. The van der Waals surface area contributed by atoms with E-state index in [1.54, 1.807) is 7.11 Å². The quantitative estimate of drug-likeness (QED) is 0.736. The fourth-order valence-corrected chi connectivity index (χ4v) is 3.94. The van der Waals surface area contributed by atoms with E-state index in [1.807, 2.05) is 31.2 Å². The van der Waals surface area contributed by atoms with Gasteiger partial charge in [-0.1, -0.05) is 18.2 Å². The summed E-state index contributed by atoms with van der Waals surface area (Å²) in [5.74, 6) is 1.21. The lowest BCUT2D eigenvalue weighted by molar-refractivity contribution is 0.310. The van der Waals surface area contributed by atoms with Crippen LogP contribution >= 0.6 is 11.3 Å². The van der Waals surface area contributed by atoms with E-state index >= 15 is 0 Å². The third-order valence-electron chi connectivity index (χ3n) is 3.97. The van der Waals surface area contributed by atoms with Crippen molar-refractivity contribution < 1.29 is 4.74 Å². The lowest BCUT2D eigenvalue weighted by Crippen LogP contribution is -2.20. The molecule has 0 aromatic carbocycles. The van der Waals surface area contributed by atoms with Crippen molar-refractivity contribution >= 4 is 37.3 Å². The van der Waals surface area contributed by atoms with Crippen LogP contribution in [-0.2, 0) is 4.74 Å². The molecular weight excluding hydrogens is 340 g/mol. The highest BCUT2D eigenvalue weighted by Crippen LogP contribution is 2.32. The number of aryl methyl sites for hydroxylation is 1. The van der Waals surface area contributed by atoms with Crippen LogP contribution in [0.5, 0.6) is 0 Å². The maximum atomic E-state index is 12.0. The summed E-state index contributed by atoms with van der Waals surface area (Å²) < 4.78 is 5.88. The smallest absolute Gasteiger partial charge is 0.326 e. The van der Waals surface area contributed by atoms with Crippen LogP contribution in [0.3, 0.4) is 0 Å². The molecule has 0 spiro atoms. The van der Waals surface area contributed by atoms with Gasteiger partial charge >= 0.3 is 5.69 Å². The molecule has 7 nitrogen and oxygen atoms in total. The van der Waals surface area contributed by atoms with Gasteiger partial charge in [-0.2, -0.15) is 0 Å². The largest absolute Gasteiger partial charge is 0.496 e. The summed E-state index contributed by atoms with van der Waals surface area (Å²) in [6, 6.07) is 0. The Balaban J connectivity index is 2.01. The molecule has 25 heavy (non-hydrogen) atoms. The number of methoxy groups -OCH3 is 1. The molecule has 4 rings (SSSR count). The van der Waals surface area contributed by atoms with E-state index in [0.717, 1.165) is 12.0 Å². The maximum Gasteiger partial charge on any atom is 0.326 e. The number of allylic oxidation sites excluding steroid dienone is 5. The molecule has 0 amide bonds. The van der Waals surface area contributed by atoms with E-state index in [1.165, 1.54) is 11.3 Å². The van der Waals surface area contributed by atoms with E-state index in [0.29, 0.717) is 37.7 Å². The number of ether oxygens (including phenoxy) is 1. The zero-order chi connectivity index (χ0) is 17.6. The number of fused-ring (bicyclic) bond motifs is 3. The molecule has 0 aliphatic heterocycles. The molecular formula is C17H14N4O3S.